The van der Waals surface area contributed by atoms with Gasteiger partial charge in [-0.3, -0.25) is 0 Å². The summed E-state index contributed by atoms with van der Waals surface area (Å²) in [4.78, 5) is 0. The van der Waals surface area contributed by atoms with Crippen LogP contribution in [0.15, 0.2) is 30.3 Å². The molecule has 2 fully saturated rings. The Morgan fingerprint density at radius 2 is 1.55 bits per heavy atom. The van der Waals surface area contributed by atoms with Crippen LogP contribution in [0.2, 0.25) is 0 Å². The van der Waals surface area contributed by atoms with Crippen LogP contribution in [0.1, 0.15) is 69.8 Å². The van der Waals surface area contributed by atoms with Crippen LogP contribution < -0.4 is 5.32 Å². The Morgan fingerprint density at radius 3 is 2.20 bits per heavy atom. The first-order chi connectivity index (χ1) is 9.83. The van der Waals surface area contributed by atoms with Crippen LogP contribution >= 0.6 is 0 Å². The van der Waals surface area contributed by atoms with E-state index in [0.717, 1.165) is 23.9 Å². The summed E-state index contributed by atoms with van der Waals surface area (Å²) in [5.74, 6) is 1.75. The van der Waals surface area contributed by atoms with Gasteiger partial charge in [0, 0.05) is 12.1 Å². The monoisotopic (exact) mass is 271 g/mol. The van der Waals surface area contributed by atoms with Crippen LogP contribution in [0.25, 0.3) is 0 Å². The van der Waals surface area contributed by atoms with Crippen molar-refractivity contribution in [2.75, 3.05) is 0 Å². The molecule has 2 saturated carbocycles. The lowest BCUT2D eigenvalue weighted by Gasteiger charge is -2.33. The van der Waals surface area contributed by atoms with Gasteiger partial charge in [0.1, 0.15) is 0 Å². The molecule has 0 saturated heterocycles. The molecule has 1 nitrogen and oxygen atoms in total. The van der Waals surface area contributed by atoms with Crippen LogP contribution in [0.5, 0.6) is 0 Å². The summed E-state index contributed by atoms with van der Waals surface area (Å²) >= 11 is 0. The lowest BCUT2D eigenvalue weighted by atomic mass is 9.81. The van der Waals surface area contributed by atoms with Gasteiger partial charge in [0.2, 0.25) is 0 Å². The molecule has 0 aliphatic heterocycles. The third-order valence-electron chi connectivity index (χ3n) is 5.60. The molecule has 1 atom stereocenters. The van der Waals surface area contributed by atoms with Gasteiger partial charge in [0.15, 0.2) is 0 Å². The van der Waals surface area contributed by atoms with Crippen molar-refractivity contribution in [3.05, 3.63) is 35.9 Å². The van der Waals surface area contributed by atoms with Crippen molar-refractivity contribution in [3.8, 4) is 0 Å². The van der Waals surface area contributed by atoms with E-state index in [1.807, 2.05) is 0 Å². The smallest absolute Gasteiger partial charge is 0.00700 e. The molecule has 0 amide bonds. The number of rotatable bonds is 4. The number of nitrogens with one attached hydrogen (secondary N) is 1. The minimum atomic E-state index is 0.732. The second-order valence-corrected chi connectivity index (χ2v) is 6.96. The first-order valence-corrected chi connectivity index (χ1v) is 8.64. The average molecular weight is 271 g/mol. The SMILES string of the molecule is CC(NC1CCC(c2ccccc2)CC1)C1CCCC1. The first-order valence-electron chi connectivity index (χ1n) is 8.64. The predicted molar refractivity (Wildman–Crippen MR) is 86.0 cm³/mol. The van der Waals surface area contributed by atoms with Crippen molar-refractivity contribution < 1.29 is 0 Å². The molecule has 0 spiro atoms. The maximum Gasteiger partial charge on any atom is 0.00700 e. The van der Waals surface area contributed by atoms with Gasteiger partial charge in [-0.15, -0.1) is 0 Å². The second kappa shape index (κ2) is 6.76. The normalized spacial score (nSPS) is 29.4. The summed E-state index contributed by atoms with van der Waals surface area (Å²) in [6, 6.07) is 12.6. The summed E-state index contributed by atoms with van der Waals surface area (Å²) in [7, 11) is 0. The molecule has 2 aliphatic carbocycles. The fraction of sp³-hybridized carbons (Fsp3) is 0.684. The topological polar surface area (TPSA) is 12.0 Å². The number of hydrogen-bond acceptors (Lipinski definition) is 1. The fourth-order valence-corrected chi connectivity index (χ4v) is 4.28. The van der Waals surface area contributed by atoms with E-state index in [9.17, 15) is 0 Å². The van der Waals surface area contributed by atoms with Gasteiger partial charge in [-0.2, -0.15) is 0 Å². The highest BCUT2D eigenvalue weighted by Crippen LogP contribution is 2.34. The zero-order chi connectivity index (χ0) is 13.8. The third kappa shape index (κ3) is 3.44. The highest BCUT2D eigenvalue weighted by Gasteiger charge is 2.26. The summed E-state index contributed by atoms with van der Waals surface area (Å²) < 4.78 is 0. The van der Waals surface area contributed by atoms with Crippen LogP contribution in [-0.2, 0) is 0 Å². The van der Waals surface area contributed by atoms with Gasteiger partial charge in [0.25, 0.3) is 0 Å². The molecule has 2 aliphatic rings. The van der Waals surface area contributed by atoms with E-state index in [1.165, 1.54) is 51.4 Å². The predicted octanol–water partition coefficient (Wildman–Crippen LogP) is 4.88. The van der Waals surface area contributed by atoms with Crippen molar-refractivity contribution >= 4 is 0 Å². The van der Waals surface area contributed by atoms with E-state index in [1.54, 1.807) is 5.56 Å². The molecule has 1 N–H and O–H groups in total. The number of benzene rings is 1. The van der Waals surface area contributed by atoms with Crippen LogP contribution in [0.3, 0.4) is 0 Å². The Bertz CT molecular complexity index is 385. The molecule has 0 radical (unpaired) electrons. The number of hydrogen-bond donors (Lipinski definition) is 1. The van der Waals surface area contributed by atoms with E-state index in [4.69, 9.17) is 0 Å². The summed E-state index contributed by atoms with van der Waals surface area (Å²) in [5.41, 5.74) is 1.55. The summed E-state index contributed by atoms with van der Waals surface area (Å²) in [6.07, 6.45) is 11.3. The van der Waals surface area contributed by atoms with Crippen LogP contribution in [-0.4, -0.2) is 12.1 Å². The Morgan fingerprint density at radius 1 is 0.900 bits per heavy atom. The van der Waals surface area contributed by atoms with Gasteiger partial charge < -0.3 is 5.32 Å². The summed E-state index contributed by atoms with van der Waals surface area (Å²) in [5, 5.41) is 3.93. The van der Waals surface area contributed by atoms with Gasteiger partial charge in [0.05, 0.1) is 0 Å². The van der Waals surface area contributed by atoms with Crippen LogP contribution in [0.4, 0.5) is 0 Å². The van der Waals surface area contributed by atoms with Crippen molar-refractivity contribution in [3.63, 3.8) is 0 Å². The van der Waals surface area contributed by atoms with E-state index in [0.29, 0.717) is 0 Å². The molecule has 0 aromatic heterocycles. The van der Waals surface area contributed by atoms with E-state index in [-0.39, 0.29) is 0 Å². The molecular formula is C19H29N. The standard InChI is InChI=1S/C19H29N/c1-15(16-7-5-6-8-16)20-19-13-11-18(12-14-19)17-9-3-2-4-10-17/h2-4,9-10,15-16,18-20H,5-8,11-14H2,1H3. The van der Waals surface area contributed by atoms with E-state index in [2.05, 4.69) is 42.6 Å². The fourth-order valence-electron chi connectivity index (χ4n) is 4.28. The van der Waals surface area contributed by atoms with Gasteiger partial charge in [-0.05, 0) is 62.8 Å². The third-order valence-corrected chi connectivity index (χ3v) is 5.60. The Balaban J connectivity index is 1.46. The molecule has 1 unspecified atom stereocenters. The molecule has 110 valence electrons. The molecule has 1 heteroatoms. The zero-order valence-electron chi connectivity index (χ0n) is 12.9. The molecular weight excluding hydrogens is 242 g/mol. The maximum atomic E-state index is 3.93. The van der Waals surface area contributed by atoms with Gasteiger partial charge >= 0.3 is 0 Å². The molecule has 1 aromatic carbocycles. The van der Waals surface area contributed by atoms with Gasteiger partial charge in [-0.25, -0.2) is 0 Å². The highest BCUT2D eigenvalue weighted by atomic mass is 15.0. The Hall–Kier alpha value is -0.820. The highest BCUT2D eigenvalue weighted by molar-refractivity contribution is 5.20. The average Bonchev–Trinajstić information content (AvgIpc) is 3.03. The largest absolute Gasteiger partial charge is 0.311 e. The van der Waals surface area contributed by atoms with Crippen molar-refractivity contribution in [1.29, 1.82) is 0 Å². The molecule has 0 bridgehead atoms. The lowest BCUT2D eigenvalue weighted by molar-refractivity contribution is 0.279. The Kier molecular flexibility index (Phi) is 4.77. The van der Waals surface area contributed by atoms with E-state index < -0.39 is 0 Å². The van der Waals surface area contributed by atoms with Crippen LogP contribution in [0, 0.1) is 5.92 Å². The molecule has 1 aromatic rings. The van der Waals surface area contributed by atoms with Crippen molar-refractivity contribution in [2.24, 2.45) is 5.92 Å². The minimum absolute atomic E-state index is 0.732. The molecule has 20 heavy (non-hydrogen) atoms. The summed E-state index contributed by atoms with van der Waals surface area (Å²) in [6.45, 7) is 2.42. The second-order valence-electron chi connectivity index (χ2n) is 6.96. The van der Waals surface area contributed by atoms with Crippen molar-refractivity contribution in [2.45, 2.75) is 76.3 Å². The molecule has 0 heterocycles. The quantitative estimate of drug-likeness (QED) is 0.823. The zero-order valence-corrected chi connectivity index (χ0v) is 12.9. The lowest BCUT2D eigenvalue weighted by Crippen LogP contribution is -2.42. The van der Waals surface area contributed by atoms with Gasteiger partial charge in [-0.1, -0.05) is 43.2 Å². The maximum absolute atomic E-state index is 3.93. The first kappa shape index (κ1) is 14.1. The van der Waals surface area contributed by atoms with E-state index >= 15 is 0 Å². The van der Waals surface area contributed by atoms with Crippen molar-refractivity contribution in [1.82, 2.24) is 5.32 Å². The molecule has 3 rings (SSSR count). The Labute approximate surface area is 124 Å². The minimum Gasteiger partial charge on any atom is -0.311 e.